The number of carbonyl (C=O) groups is 1. The van der Waals surface area contributed by atoms with Crippen LogP contribution in [0.2, 0.25) is 0 Å². The first-order valence-electron chi connectivity index (χ1n) is 7.49. The first-order chi connectivity index (χ1) is 10.5. The van der Waals surface area contributed by atoms with E-state index in [0.29, 0.717) is 17.5 Å². The number of benzene rings is 1. The molecule has 0 spiro atoms. The van der Waals surface area contributed by atoms with Crippen LogP contribution in [0.25, 0.3) is 11.0 Å². The van der Waals surface area contributed by atoms with Gasteiger partial charge < -0.3 is 14.1 Å². The van der Waals surface area contributed by atoms with Gasteiger partial charge in [0.1, 0.15) is 12.2 Å². The zero-order valence-electron chi connectivity index (χ0n) is 13.2. The monoisotopic (exact) mass is 303 g/mol. The number of nitrogens with zero attached hydrogens (tertiary/aromatic N) is 1. The van der Waals surface area contributed by atoms with Crippen LogP contribution in [-0.4, -0.2) is 37.1 Å². The maximum atomic E-state index is 12.1. The minimum atomic E-state index is -0.605. The summed E-state index contributed by atoms with van der Waals surface area (Å²) in [6.07, 6.45) is 0. The maximum Gasteiger partial charge on any atom is 0.374 e. The molecule has 0 fully saturated rings. The first-order valence-corrected chi connectivity index (χ1v) is 7.49. The highest BCUT2D eigenvalue weighted by atomic mass is 16.5. The second-order valence-corrected chi connectivity index (χ2v) is 5.14. The van der Waals surface area contributed by atoms with Gasteiger partial charge in [-0.25, -0.2) is 4.79 Å². The van der Waals surface area contributed by atoms with Crippen LogP contribution in [0.5, 0.6) is 0 Å². The fourth-order valence-electron chi connectivity index (χ4n) is 2.25. The predicted molar refractivity (Wildman–Crippen MR) is 85.3 cm³/mol. The van der Waals surface area contributed by atoms with E-state index in [0.717, 1.165) is 18.7 Å². The molecule has 0 aliphatic carbocycles. The summed E-state index contributed by atoms with van der Waals surface area (Å²) in [7, 11) is 0. The highest BCUT2D eigenvalue weighted by Gasteiger charge is 2.14. The van der Waals surface area contributed by atoms with Gasteiger partial charge in [0, 0.05) is 12.6 Å². The normalized spacial score (nSPS) is 11.1. The zero-order chi connectivity index (χ0) is 16.1. The molecule has 2 aromatic rings. The van der Waals surface area contributed by atoms with Crippen LogP contribution in [0.3, 0.4) is 0 Å². The third-order valence-electron chi connectivity index (χ3n) is 3.62. The van der Waals surface area contributed by atoms with E-state index in [4.69, 9.17) is 9.15 Å². The molecule has 0 atom stereocenters. The van der Waals surface area contributed by atoms with E-state index in [1.807, 2.05) is 13.0 Å². The van der Waals surface area contributed by atoms with Gasteiger partial charge >= 0.3 is 5.97 Å². The second-order valence-electron chi connectivity index (χ2n) is 5.14. The predicted octanol–water partition coefficient (Wildman–Crippen LogP) is 2.60. The summed E-state index contributed by atoms with van der Waals surface area (Å²) in [5.74, 6) is -0.660. The Kier molecular flexibility index (Phi) is 5.33. The number of aryl methyl sites for hydroxylation is 1. The summed E-state index contributed by atoms with van der Waals surface area (Å²) in [5, 5.41) is 0.472. The lowest BCUT2D eigenvalue weighted by atomic mass is 10.1. The van der Waals surface area contributed by atoms with Crippen molar-refractivity contribution in [2.24, 2.45) is 0 Å². The molecule has 0 bridgehead atoms. The Morgan fingerprint density at radius 1 is 1.23 bits per heavy atom. The lowest BCUT2D eigenvalue weighted by Gasteiger charge is -2.17. The highest BCUT2D eigenvalue weighted by molar-refractivity contribution is 5.89. The first kappa shape index (κ1) is 16.2. The number of hydrogen-bond donors (Lipinski definition) is 0. The lowest BCUT2D eigenvalue weighted by Crippen LogP contribution is -2.28. The minimum Gasteiger partial charge on any atom is -0.458 e. The third-order valence-corrected chi connectivity index (χ3v) is 3.62. The van der Waals surface area contributed by atoms with Crippen LogP contribution in [0.4, 0.5) is 0 Å². The summed E-state index contributed by atoms with van der Waals surface area (Å²) in [5.41, 5.74) is 1.13. The van der Waals surface area contributed by atoms with Gasteiger partial charge in [-0.1, -0.05) is 25.5 Å². The molecule has 118 valence electrons. The number of ether oxygens (including phenoxy) is 1. The van der Waals surface area contributed by atoms with Crippen molar-refractivity contribution in [2.75, 3.05) is 26.2 Å². The van der Waals surface area contributed by atoms with Gasteiger partial charge in [0.05, 0.1) is 5.39 Å². The minimum absolute atomic E-state index is 0.0547. The number of carbonyl (C=O) groups excluding carboxylic acids is 1. The van der Waals surface area contributed by atoms with Crippen LogP contribution >= 0.6 is 0 Å². The van der Waals surface area contributed by atoms with Crippen molar-refractivity contribution in [1.82, 2.24) is 4.90 Å². The van der Waals surface area contributed by atoms with Crippen LogP contribution in [-0.2, 0) is 4.74 Å². The summed E-state index contributed by atoms with van der Waals surface area (Å²) in [6, 6.07) is 6.47. The molecule has 0 aliphatic rings. The summed E-state index contributed by atoms with van der Waals surface area (Å²) in [6.45, 7) is 8.74. The topological polar surface area (TPSA) is 59.8 Å². The number of esters is 1. The molecule has 0 N–H and O–H groups in total. The van der Waals surface area contributed by atoms with Crippen molar-refractivity contribution >= 4 is 16.9 Å². The summed E-state index contributed by atoms with van der Waals surface area (Å²) < 4.78 is 10.7. The van der Waals surface area contributed by atoms with Gasteiger partial charge in [-0.05, 0) is 32.1 Å². The van der Waals surface area contributed by atoms with E-state index < -0.39 is 5.97 Å². The molecule has 0 amide bonds. The van der Waals surface area contributed by atoms with Crippen LogP contribution in [0.15, 0.2) is 33.5 Å². The van der Waals surface area contributed by atoms with Gasteiger partial charge in [-0.2, -0.15) is 0 Å². The van der Waals surface area contributed by atoms with Crippen molar-refractivity contribution in [2.45, 2.75) is 20.8 Å². The Balaban J connectivity index is 2.12. The van der Waals surface area contributed by atoms with Gasteiger partial charge in [0.25, 0.3) is 0 Å². The Morgan fingerprint density at radius 2 is 1.95 bits per heavy atom. The van der Waals surface area contributed by atoms with Crippen molar-refractivity contribution in [1.29, 1.82) is 0 Å². The van der Waals surface area contributed by atoms with E-state index >= 15 is 0 Å². The standard InChI is InChI=1S/C17H21NO4/c1-4-18(5-2)8-9-21-17(20)16-11-14(19)13-10-12(3)6-7-15(13)22-16/h6-7,10-11H,4-5,8-9H2,1-3H3. The van der Waals surface area contributed by atoms with Crippen LogP contribution in [0, 0.1) is 6.92 Å². The molecule has 0 unspecified atom stereocenters. The average Bonchev–Trinajstić information content (AvgIpc) is 2.52. The number of likely N-dealkylation sites (N-methyl/N-ethyl adjacent to an activating group) is 1. The van der Waals surface area contributed by atoms with E-state index in [2.05, 4.69) is 18.7 Å². The van der Waals surface area contributed by atoms with Gasteiger partial charge in [-0.15, -0.1) is 0 Å². The Labute approximate surface area is 129 Å². The van der Waals surface area contributed by atoms with Crippen molar-refractivity contribution in [3.05, 3.63) is 45.8 Å². The molecule has 0 aliphatic heterocycles. The van der Waals surface area contributed by atoms with Crippen LogP contribution in [0.1, 0.15) is 30.0 Å². The SMILES string of the molecule is CCN(CC)CCOC(=O)c1cc(=O)c2cc(C)ccc2o1. The molecule has 0 saturated carbocycles. The summed E-state index contributed by atoms with van der Waals surface area (Å²) in [4.78, 5) is 26.2. The fraction of sp³-hybridized carbons (Fsp3) is 0.412. The Bertz CT molecular complexity index is 716. The Hall–Kier alpha value is -2.14. The van der Waals surface area contributed by atoms with Gasteiger partial charge in [-0.3, -0.25) is 4.79 Å². The molecule has 1 aromatic heterocycles. The molecular weight excluding hydrogens is 282 g/mol. The van der Waals surface area contributed by atoms with E-state index in [9.17, 15) is 9.59 Å². The molecule has 5 heteroatoms. The summed E-state index contributed by atoms with van der Waals surface area (Å²) >= 11 is 0. The van der Waals surface area contributed by atoms with Crippen molar-refractivity contribution in [3.8, 4) is 0 Å². The van der Waals surface area contributed by atoms with Gasteiger partial charge in [0.2, 0.25) is 5.76 Å². The zero-order valence-corrected chi connectivity index (χ0v) is 13.2. The van der Waals surface area contributed by atoms with E-state index in [-0.39, 0.29) is 17.8 Å². The molecular formula is C17H21NO4. The molecule has 0 saturated heterocycles. The molecule has 2 rings (SSSR count). The third kappa shape index (κ3) is 3.74. The highest BCUT2D eigenvalue weighted by Crippen LogP contribution is 2.14. The molecule has 1 heterocycles. The van der Waals surface area contributed by atoms with E-state index in [1.54, 1.807) is 12.1 Å². The average molecular weight is 303 g/mol. The maximum absolute atomic E-state index is 12.1. The second kappa shape index (κ2) is 7.22. The van der Waals surface area contributed by atoms with E-state index in [1.165, 1.54) is 6.07 Å². The quantitative estimate of drug-likeness (QED) is 0.768. The number of hydrogen-bond acceptors (Lipinski definition) is 5. The Morgan fingerprint density at radius 3 is 2.64 bits per heavy atom. The number of fused-ring (bicyclic) bond motifs is 1. The molecule has 0 radical (unpaired) electrons. The molecule has 5 nitrogen and oxygen atoms in total. The lowest BCUT2D eigenvalue weighted by molar-refractivity contribution is 0.0431. The van der Waals surface area contributed by atoms with Crippen molar-refractivity contribution < 1.29 is 13.9 Å². The molecule has 22 heavy (non-hydrogen) atoms. The van der Waals surface area contributed by atoms with Crippen LogP contribution < -0.4 is 5.43 Å². The van der Waals surface area contributed by atoms with Crippen molar-refractivity contribution in [3.63, 3.8) is 0 Å². The molecule has 1 aromatic carbocycles. The smallest absolute Gasteiger partial charge is 0.374 e. The van der Waals surface area contributed by atoms with Gasteiger partial charge in [0.15, 0.2) is 5.43 Å². The number of rotatable bonds is 6. The largest absolute Gasteiger partial charge is 0.458 e. The fourth-order valence-corrected chi connectivity index (χ4v) is 2.25.